The quantitative estimate of drug-likeness (QED) is 0.510. The molecule has 0 spiro atoms. The van der Waals surface area contributed by atoms with E-state index in [0.717, 1.165) is 91.1 Å². The number of nitrogens with zero attached hydrogens (tertiary/aromatic N) is 5. The smallest absolute Gasteiger partial charge is 0.334 e. The summed E-state index contributed by atoms with van der Waals surface area (Å²) < 4.78 is 9.22. The van der Waals surface area contributed by atoms with Gasteiger partial charge >= 0.3 is 5.69 Å². The Bertz CT molecular complexity index is 1390. The number of aromatic amines is 1. The zero-order valence-corrected chi connectivity index (χ0v) is 18.7. The molecular weight excluding hydrogens is 416 g/mol. The molecule has 6 rings (SSSR count). The molecule has 0 bridgehead atoms. The van der Waals surface area contributed by atoms with Crippen LogP contribution in [0.5, 0.6) is 0 Å². The molecule has 0 saturated carbocycles. The summed E-state index contributed by atoms with van der Waals surface area (Å²) in [5.41, 5.74) is 5.54. The molecule has 1 N–H and O–H groups in total. The second-order valence-electron chi connectivity index (χ2n) is 8.87. The molecule has 8 nitrogen and oxygen atoms in total. The fourth-order valence-corrected chi connectivity index (χ4v) is 4.95. The number of fused-ring (bicyclic) bond motifs is 2. The van der Waals surface area contributed by atoms with E-state index in [1.165, 1.54) is 6.42 Å². The fraction of sp³-hybridized carbons (Fsp3) is 0.400. The lowest BCUT2D eigenvalue weighted by Crippen LogP contribution is -2.39. The van der Waals surface area contributed by atoms with Gasteiger partial charge in [-0.15, -0.1) is 0 Å². The van der Waals surface area contributed by atoms with Crippen molar-refractivity contribution >= 4 is 27.9 Å². The second-order valence-corrected chi connectivity index (χ2v) is 8.87. The van der Waals surface area contributed by atoms with Gasteiger partial charge in [0.15, 0.2) is 5.65 Å². The summed E-state index contributed by atoms with van der Waals surface area (Å²) in [7, 11) is 0. The molecule has 1 aliphatic heterocycles. The van der Waals surface area contributed by atoms with Gasteiger partial charge in [0.1, 0.15) is 5.65 Å². The molecule has 0 aromatic carbocycles. The summed E-state index contributed by atoms with van der Waals surface area (Å²) in [6, 6.07) is 6.22. The number of nitrogens with one attached hydrogen (secondary N) is 1. The highest BCUT2D eigenvalue weighted by molar-refractivity contribution is 5.85. The predicted molar refractivity (Wildman–Crippen MR) is 129 cm³/mol. The van der Waals surface area contributed by atoms with Gasteiger partial charge in [-0.05, 0) is 43.9 Å². The van der Waals surface area contributed by atoms with Crippen LogP contribution in [-0.4, -0.2) is 61.8 Å². The summed E-state index contributed by atoms with van der Waals surface area (Å²) in [5, 5.41) is 1.06. The lowest BCUT2D eigenvalue weighted by molar-refractivity contribution is 0.0364. The lowest BCUT2D eigenvalue weighted by atomic mass is 10.0. The molecule has 2 aliphatic rings. The Morgan fingerprint density at radius 3 is 2.73 bits per heavy atom. The minimum Gasteiger partial charge on any atom is -0.379 e. The van der Waals surface area contributed by atoms with Crippen LogP contribution < -0.4 is 5.69 Å². The second kappa shape index (κ2) is 8.61. The summed E-state index contributed by atoms with van der Waals surface area (Å²) >= 11 is 0. The molecule has 170 valence electrons. The SMILES string of the molecule is O=c1n(CCN2CCOCC2)c2cc(-c3cnc4[nH]ccc4c3)cnc2n1C1=CCCCC1. The topological polar surface area (TPSA) is 81.0 Å². The first kappa shape index (κ1) is 20.4. The van der Waals surface area contributed by atoms with Crippen LogP contribution in [0.2, 0.25) is 0 Å². The van der Waals surface area contributed by atoms with Gasteiger partial charge in [0.05, 0.1) is 18.7 Å². The standard InChI is InChI=1S/C25H28N6O2/c32-25-30(9-8-29-10-12-33-13-11-29)22-15-20(19-14-18-6-7-26-23(18)27-16-19)17-28-24(22)31(25)21-4-2-1-3-5-21/h4,6-7,14-17H,1-3,5,8-13H2,(H,26,27). The highest BCUT2D eigenvalue weighted by Crippen LogP contribution is 2.28. The van der Waals surface area contributed by atoms with Crippen LogP contribution in [0.4, 0.5) is 0 Å². The van der Waals surface area contributed by atoms with E-state index in [0.29, 0.717) is 6.54 Å². The van der Waals surface area contributed by atoms with Crippen molar-refractivity contribution in [2.75, 3.05) is 32.8 Å². The Morgan fingerprint density at radius 1 is 1.03 bits per heavy atom. The van der Waals surface area contributed by atoms with Crippen molar-refractivity contribution < 1.29 is 4.74 Å². The monoisotopic (exact) mass is 444 g/mol. The molecule has 0 atom stereocenters. The van der Waals surface area contributed by atoms with Crippen molar-refractivity contribution in [1.29, 1.82) is 0 Å². The maximum atomic E-state index is 13.6. The van der Waals surface area contributed by atoms with Crippen molar-refractivity contribution in [2.45, 2.75) is 32.2 Å². The number of hydrogen-bond acceptors (Lipinski definition) is 5. The Kier molecular flexibility index (Phi) is 5.32. The van der Waals surface area contributed by atoms with Crippen molar-refractivity contribution in [3.8, 4) is 11.1 Å². The molecule has 33 heavy (non-hydrogen) atoms. The minimum absolute atomic E-state index is 0.00951. The molecule has 1 aliphatic carbocycles. The Hall–Kier alpha value is -3.23. The van der Waals surface area contributed by atoms with Crippen molar-refractivity contribution in [3.63, 3.8) is 0 Å². The number of rotatable bonds is 5. The van der Waals surface area contributed by atoms with E-state index in [-0.39, 0.29) is 5.69 Å². The number of aromatic nitrogens is 5. The van der Waals surface area contributed by atoms with Crippen LogP contribution in [0.1, 0.15) is 25.7 Å². The predicted octanol–water partition coefficient (Wildman–Crippen LogP) is 3.49. The lowest BCUT2D eigenvalue weighted by Gasteiger charge is -2.26. The maximum absolute atomic E-state index is 13.6. The molecule has 1 fully saturated rings. The van der Waals surface area contributed by atoms with Gasteiger partial charge < -0.3 is 9.72 Å². The van der Waals surface area contributed by atoms with Gasteiger partial charge in [-0.1, -0.05) is 6.08 Å². The normalized spacial score (nSPS) is 17.6. The zero-order chi connectivity index (χ0) is 22.2. The van der Waals surface area contributed by atoms with Gasteiger partial charge in [-0.3, -0.25) is 9.47 Å². The van der Waals surface area contributed by atoms with Crippen LogP contribution in [-0.2, 0) is 11.3 Å². The van der Waals surface area contributed by atoms with Gasteiger partial charge in [0, 0.05) is 67.0 Å². The van der Waals surface area contributed by atoms with Crippen LogP contribution in [0, 0.1) is 0 Å². The number of hydrogen-bond donors (Lipinski definition) is 1. The minimum atomic E-state index is 0.00951. The summed E-state index contributed by atoms with van der Waals surface area (Å²) in [6.07, 6.45) is 12.0. The van der Waals surface area contributed by atoms with E-state index >= 15 is 0 Å². The molecule has 0 amide bonds. The summed E-state index contributed by atoms with van der Waals surface area (Å²) in [6.45, 7) is 4.78. The Balaban J connectivity index is 1.45. The van der Waals surface area contributed by atoms with E-state index in [9.17, 15) is 4.79 Å². The van der Waals surface area contributed by atoms with Gasteiger partial charge in [-0.2, -0.15) is 0 Å². The van der Waals surface area contributed by atoms with Gasteiger partial charge in [-0.25, -0.2) is 19.3 Å². The maximum Gasteiger partial charge on any atom is 0.334 e. The number of imidazole rings is 1. The third-order valence-corrected chi connectivity index (χ3v) is 6.80. The Labute approximate surface area is 191 Å². The molecule has 1 saturated heterocycles. The van der Waals surface area contributed by atoms with Crippen LogP contribution in [0.15, 0.2) is 47.7 Å². The first-order chi connectivity index (χ1) is 16.3. The molecule has 8 heteroatoms. The molecule has 4 aromatic rings. The van der Waals surface area contributed by atoms with E-state index < -0.39 is 0 Å². The van der Waals surface area contributed by atoms with E-state index in [4.69, 9.17) is 9.72 Å². The molecular formula is C25H28N6O2. The first-order valence-electron chi connectivity index (χ1n) is 11.8. The summed E-state index contributed by atoms with van der Waals surface area (Å²) in [4.78, 5) is 28.5. The third-order valence-electron chi connectivity index (χ3n) is 6.80. The zero-order valence-electron chi connectivity index (χ0n) is 18.7. The molecule has 4 aromatic heterocycles. The van der Waals surface area contributed by atoms with Crippen molar-refractivity contribution in [1.82, 2.24) is 29.0 Å². The highest BCUT2D eigenvalue weighted by atomic mass is 16.5. The number of allylic oxidation sites excluding steroid dienone is 2. The largest absolute Gasteiger partial charge is 0.379 e. The van der Waals surface area contributed by atoms with Crippen LogP contribution in [0.25, 0.3) is 39.0 Å². The van der Waals surface area contributed by atoms with E-state index in [1.807, 2.05) is 33.8 Å². The summed E-state index contributed by atoms with van der Waals surface area (Å²) in [5.74, 6) is 0. The van der Waals surface area contributed by atoms with E-state index in [1.54, 1.807) is 0 Å². The molecule has 0 radical (unpaired) electrons. The highest BCUT2D eigenvalue weighted by Gasteiger charge is 2.20. The molecule has 0 unspecified atom stereocenters. The number of ether oxygens (including phenoxy) is 1. The van der Waals surface area contributed by atoms with Gasteiger partial charge in [0.25, 0.3) is 0 Å². The fourth-order valence-electron chi connectivity index (χ4n) is 4.95. The van der Waals surface area contributed by atoms with Crippen molar-refractivity contribution in [3.05, 3.63) is 53.3 Å². The number of morpholine rings is 1. The van der Waals surface area contributed by atoms with E-state index in [2.05, 4.69) is 33.1 Å². The third kappa shape index (κ3) is 3.79. The molecule has 5 heterocycles. The first-order valence-corrected chi connectivity index (χ1v) is 11.8. The van der Waals surface area contributed by atoms with Gasteiger partial charge in [0.2, 0.25) is 0 Å². The number of H-pyrrole nitrogens is 1. The number of pyridine rings is 2. The average Bonchev–Trinajstić information content (AvgIpc) is 3.44. The van der Waals surface area contributed by atoms with Crippen LogP contribution >= 0.6 is 0 Å². The van der Waals surface area contributed by atoms with Crippen molar-refractivity contribution in [2.24, 2.45) is 0 Å². The average molecular weight is 445 g/mol. The van der Waals surface area contributed by atoms with Crippen LogP contribution in [0.3, 0.4) is 0 Å². The Morgan fingerprint density at radius 2 is 1.88 bits per heavy atom.